The van der Waals surface area contributed by atoms with E-state index in [9.17, 15) is 24.0 Å². The van der Waals surface area contributed by atoms with Gasteiger partial charge in [0.15, 0.2) is 6.61 Å². The maximum absolute atomic E-state index is 12.7. The summed E-state index contributed by atoms with van der Waals surface area (Å²) in [5.74, 6) is -1.31. The number of hydrogen-bond donors (Lipinski definition) is 1. The molecule has 0 spiro atoms. The Hall–Kier alpha value is -2.36. The molecule has 0 saturated carbocycles. The average molecular weight is 494 g/mol. The molecule has 0 fully saturated rings. The summed E-state index contributed by atoms with van der Waals surface area (Å²) in [6, 6.07) is 4.13. The van der Waals surface area contributed by atoms with Crippen molar-refractivity contribution in [3.8, 4) is 5.75 Å². The molecule has 0 aliphatic heterocycles. The van der Waals surface area contributed by atoms with Gasteiger partial charge in [-0.3, -0.25) is 29.4 Å². The third kappa shape index (κ3) is 7.34. The summed E-state index contributed by atoms with van der Waals surface area (Å²) in [6.45, 7) is 2.94. The Bertz CT molecular complexity index is 724. The van der Waals surface area contributed by atoms with Gasteiger partial charge in [-0.15, -0.1) is 0 Å². The molecule has 28 heavy (non-hydrogen) atoms. The molecule has 2 radical (unpaired) electrons. The van der Waals surface area contributed by atoms with Crippen LogP contribution in [0.1, 0.15) is 35.7 Å². The van der Waals surface area contributed by atoms with Gasteiger partial charge in [-0.05, 0) is 32.4 Å². The van der Waals surface area contributed by atoms with Crippen LogP contribution in [0.25, 0.3) is 0 Å². The quantitative estimate of drug-likeness (QED) is 0.358. The molecule has 4 amide bonds. The SMILES string of the molecule is COC(=O)COc1cccc(C(=O)N(C=O)C(C)CCC(=O)NC=O)c1C.[InH]. The topological polar surface area (TPSA) is 119 Å². The second kappa shape index (κ2) is 12.9. The van der Waals surface area contributed by atoms with Gasteiger partial charge in [0.05, 0.1) is 7.11 Å². The maximum atomic E-state index is 12.7. The third-order valence-corrected chi connectivity index (χ3v) is 3.92. The molecule has 150 valence electrons. The number of carbonyl (C=O) groups excluding carboxylic acids is 5. The number of ether oxygens (including phenoxy) is 2. The van der Waals surface area contributed by atoms with Crippen LogP contribution in [0, 0.1) is 6.92 Å². The van der Waals surface area contributed by atoms with Crippen LogP contribution in [-0.4, -0.2) is 81.1 Å². The van der Waals surface area contributed by atoms with Crippen LogP contribution in [0.2, 0.25) is 0 Å². The standard InChI is InChI=1S/C18H22N2O7.In.H/c1-12(7-8-16(23)19-10-21)20(11-22)18(25)14-5-4-6-15(13(14)2)27-9-17(24)26-3;;/h4-6,10-12H,7-9H2,1-3H3,(H,19,21,23);;. The number of carbonyl (C=O) groups is 5. The van der Waals surface area contributed by atoms with Gasteiger partial charge in [-0.1, -0.05) is 6.07 Å². The number of benzene rings is 1. The molecule has 1 aromatic carbocycles. The predicted molar refractivity (Wildman–Crippen MR) is 101 cm³/mol. The monoisotopic (exact) mass is 494 g/mol. The van der Waals surface area contributed by atoms with Crippen molar-refractivity contribution in [2.75, 3.05) is 13.7 Å². The van der Waals surface area contributed by atoms with E-state index in [0.29, 0.717) is 17.7 Å². The van der Waals surface area contributed by atoms with Crippen molar-refractivity contribution in [2.45, 2.75) is 32.7 Å². The van der Waals surface area contributed by atoms with E-state index in [2.05, 4.69) is 4.74 Å². The zero-order chi connectivity index (χ0) is 20.4. The van der Waals surface area contributed by atoms with Gasteiger partial charge < -0.3 is 9.47 Å². The van der Waals surface area contributed by atoms with Gasteiger partial charge in [0.25, 0.3) is 5.91 Å². The van der Waals surface area contributed by atoms with Gasteiger partial charge in [-0.25, -0.2) is 4.79 Å². The van der Waals surface area contributed by atoms with Crippen LogP contribution < -0.4 is 10.1 Å². The summed E-state index contributed by atoms with van der Waals surface area (Å²) in [5, 5.41) is 2.00. The van der Waals surface area contributed by atoms with Crippen LogP contribution in [0.15, 0.2) is 18.2 Å². The van der Waals surface area contributed by atoms with E-state index < -0.39 is 23.8 Å². The van der Waals surface area contributed by atoms with Crippen LogP contribution in [0.5, 0.6) is 5.75 Å². The van der Waals surface area contributed by atoms with E-state index in [1.807, 2.05) is 5.32 Å². The molecular formula is C18H23InN2O7. The van der Waals surface area contributed by atoms with Crippen molar-refractivity contribution >= 4 is 56.4 Å². The summed E-state index contributed by atoms with van der Waals surface area (Å²) >= 11 is 0. The second-order valence-electron chi connectivity index (χ2n) is 5.68. The average Bonchev–Trinajstić information content (AvgIpc) is 2.65. The molecule has 0 aliphatic rings. The number of hydrogen-bond acceptors (Lipinski definition) is 7. The predicted octanol–water partition coefficient (Wildman–Crippen LogP) is -0.0618. The summed E-state index contributed by atoms with van der Waals surface area (Å²) < 4.78 is 9.84. The molecule has 0 saturated heterocycles. The van der Waals surface area contributed by atoms with E-state index >= 15 is 0 Å². The molecule has 1 atom stereocenters. The van der Waals surface area contributed by atoms with Crippen molar-refractivity contribution in [3.05, 3.63) is 29.3 Å². The summed E-state index contributed by atoms with van der Waals surface area (Å²) in [7, 11) is 1.23. The summed E-state index contributed by atoms with van der Waals surface area (Å²) in [6.07, 6.45) is 0.853. The molecule has 1 unspecified atom stereocenters. The molecular weight excluding hydrogens is 471 g/mol. The number of esters is 1. The molecule has 10 heteroatoms. The first-order valence-corrected chi connectivity index (χ1v) is 8.15. The minimum atomic E-state index is -0.567. The van der Waals surface area contributed by atoms with Gasteiger partial charge in [0, 0.05) is 23.6 Å². The third-order valence-electron chi connectivity index (χ3n) is 3.92. The number of imide groups is 2. The minimum absolute atomic E-state index is 0. The fraction of sp³-hybridized carbons (Fsp3) is 0.389. The van der Waals surface area contributed by atoms with Crippen LogP contribution in [0.4, 0.5) is 0 Å². The van der Waals surface area contributed by atoms with Crippen LogP contribution in [0.3, 0.4) is 0 Å². The van der Waals surface area contributed by atoms with E-state index in [0.717, 1.165) is 4.90 Å². The van der Waals surface area contributed by atoms with Crippen molar-refractivity contribution in [3.63, 3.8) is 0 Å². The van der Waals surface area contributed by atoms with Crippen LogP contribution >= 0.6 is 0 Å². The molecule has 1 aromatic rings. The van der Waals surface area contributed by atoms with Gasteiger partial charge >= 0.3 is 31.8 Å². The molecule has 0 aliphatic carbocycles. The Kier molecular flexibility index (Phi) is 11.8. The molecule has 0 aromatic heterocycles. The summed E-state index contributed by atoms with van der Waals surface area (Å²) in [4.78, 5) is 58.0. The van der Waals surface area contributed by atoms with E-state index in [1.165, 1.54) is 13.2 Å². The van der Waals surface area contributed by atoms with Crippen molar-refractivity contribution in [1.29, 1.82) is 0 Å². The second-order valence-corrected chi connectivity index (χ2v) is 5.68. The number of nitrogens with one attached hydrogen (secondary N) is 1. The Labute approximate surface area is 181 Å². The molecule has 0 heterocycles. The zero-order valence-corrected chi connectivity index (χ0v) is 20.1. The van der Waals surface area contributed by atoms with Gasteiger partial charge in [0.1, 0.15) is 5.75 Å². The molecule has 1 N–H and O–H groups in total. The first-order chi connectivity index (χ1) is 12.8. The van der Waals surface area contributed by atoms with Crippen LogP contribution in [-0.2, 0) is 23.9 Å². The molecule has 0 bridgehead atoms. The number of nitrogens with zero attached hydrogens (tertiary/aromatic N) is 1. The number of rotatable bonds is 10. The molecule has 1 rings (SSSR count). The van der Waals surface area contributed by atoms with E-state index in [4.69, 9.17) is 4.74 Å². The van der Waals surface area contributed by atoms with E-state index in [1.54, 1.807) is 26.0 Å². The first kappa shape index (κ1) is 25.6. The van der Waals surface area contributed by atoms with E-state index in [-0.39, 0.29) is 57.3 Å². The van der Waals surface area contributed by atoms with Crippen molar-refractivity contribution < 1.29 is 33.4 Å². The number of methoxy groups -OCH3 is 1. The van der Waals surface area contributed by atoms with Gasteiger partial charge in [0.2, 0.25) is 18.7 Å². The Morgan fingerprint density at radius 1 is 1.25 bits per heavy atom. The van der Waals surface area contributed by atoms with Crippen molar-refractivity contribution in [2.24, 2.45) is 0 Å². The zero-order valence-electron chi connectivity index (χ0n) is 16.1. The Morgan fingerprint density at radius 2 is 1.93 bits per heavy atom. The Balaban J connectivity index is 0.00000729. The fourth-order valence-electron chi connectivity index (χ4n) is 2.31. The number of amides is 4. The normalized spacial score (nSPS) is 10.7. The van der Waals surface area contributed by atoms with Gasteiger partial charge in [-0.2, -0.15) is 0 Å². The fourth-order valence-corrected chi connectivity index (χ4v) is 2.31. The Morgan fingerprint density at radius 3 is 2.50 bits per heavy atom. The van der Waals surface area contributed by atoms with Crippen molar-refractivity contribution in [1.82, 2.24) is 10.2 Å². The summed E-state index contributed by atoms with van der Waals surface area (Å²) in [5.41, 5.74) is 0.692. The molecule has 9 nitrogen and oxygen atoms in total. The first-order valence-electron chi connectivity index (χ1n) is 8.15.